The van der Waals surface area contributed by atoms with Crippen LogP contribution in [0.5, 0.6) is 5.75 Å². The summed E-state index contributed by atoms with van der Waals surface area (Å²) in [5.41, 5.74) is 3.32. The highest BCUT2D eigenvalue weighted by Crippen LogP contribution is 2.17. The topological polar surface area (TPSA) is 35.0 Å². The van der Waals surface area contributed by atoms with Crippen molar-refractivity contribution in [2.45, 2.75) is 71.1 Å². The molecule has 172 valence electrons. The van der Waals surface area contributed by atoms with Crippen LogP contribution in [0, 0.1) is 11.8 Å². The first-order valence-corrected chi connectivity index (χ1v) is 12.4. The summed E-state index contributed by atoms with van der Waals surface area (Å²) < 4.78 is 5.80. The molecule has 1 aromatic heterocycles. The molecule has 0 radical (unpaired) electrons. The van der Waals surface area contributed by atoms with E-state index in [0.717, 1.165) is 42.7 Å². The van der Waals surface area contributed by atoms with Gasteiger partial charge < -0.3 is 4.74 Å². The number of aromatic nitrogens is 2. The molecule has 0 atom stereocenters. The summed E-state index contributed by atoms with van der Waals surface area (Å²) in [4.78, 5) is 8.94. The van der Waals surface area contributed by atoms with E-state index >= 15 is 0 Å². The fourth-order valence-electron chi connectivity index (χ4n) is 3.68. The predicted molar refractivity (Wildman–Crippen MR) is 137 cm³/mol. The molecular weight excluding hydrogens is 404 g/mol. The summed E-state index contributed by atoms with van der Waals surface area (Å²) >= 11 is 0. The van der Waals surface area contributed by atoms with E-state index in [0.29, 0.717) is 5.82 Å². The molecule has 0 aliphatic heterocycles. The number of ether oxygens (including phenoxy) is 1. The van der Waals surface area contributed by atoms with E-state index in [1.165, 1.54) is 50.5 Å². The monoisotopic (exact) mass is 440 g/mol. The third-order valence-corrected chi connectivity index (χ3v) is 5.65. The number of hydrogen-bond acceptors (Lipinski definition) is 3. The van der Waals surface area contributed by atoms with E-state index in [2.05, 4.69) is 53.0 Å². The summed E-state index contributed by atoms with van der Waals surface area (Å²) in [6, 6.07) is 18.6. The van der Waals surface area contributed by atoms with Crippen molar-refractivity contribution in [2.24, 2.45) is 0 Å². The zero-order valence-electron chi connectivity index (χ0n) is 19.9. The van der Waals surface area contributed by atoms with Gasteiger partial charge in [0.25, 0.3) is 0 Å². The Morgan fingerprint density at radius 3 is 2.12 bits per heavy atom. The lowest BCUT2D eigenvalue weighted by molar-refractivity contribution is 0.302. The minimum atomic E-state index is 0.706. The van der Waals surface area contributed by atoms with Gasteiger partial charge in [-0.05, 0) is 42.7 Å². The number of rotatable bonds is 13. The summed E-state index contributed by atoms with van der Waals surface area (Å²) in [6.07, 6.45) is 15.8. The molecule has 0 N–H and O–H groups in total. The Bertz CT molecular complexity index is 970. The molecule has 0 saturated carbocycles. The molecule has 0 spiro atoms. The van der Waals surface area contributed by atoms with Crippen LogP contribution in [0.25, 0.3) is 11.4 Å². The van der Waals surface area contributed by atoms with Crippen molar-refractivity contribution >= 4 is 0 Å². The minimum Gasteiger partial charge on any atom is -0.490 e. The second kappa shape index (κ2) is 14.9. The summed E-state index contributed by atoms with van der Waals surface area (Å²) in [5.74, 6) is 7.95. The molecule has 3 aromatic rings. The summed E-state index contributed by atoms with van der Waals surface area (Å²) in [7, 11) is 0. The summed E-state index contributed by atoms with van der Waals surface area (Å²) in [6.45, 7) is 2.99. The maximum Gasteiger partial charge on any atom is 0.159 e. The maximum atomic E-state index is 5.80. The molecule has 0 aliphatic carbocycles. The van der Waals surface area contributed by atoms with Crippen molar-refractivity contribution in [3.63, 3.8) is 0 Å². The Kier molecular flexibility index (Phi) is 11.0. The van der Waals surface area contributed by atoms with Crippen molar-refractivity contribution in [3.8, 4) is 29.0 Å². The van der Waals surface area contributed by atoms with Gasteiger partial charge in [0.2, 0.25) is 0 Å². The zero-order chi connectivity index (χ0) is 23.0. The molecule has 1 heterocycles. The lowest BCUT2D eigenvalue weighted by Crippen LogP contribution is -1.99. The van der Waals surface area contributed by atoms with E-state index in [9.17, 15) is 0 Å². The molecule has 0 bridgehead atoms. The Morgan fingerprint density at radius 1 is 0.758 bits per heavy atom. The first-order chi connectivity index (χ1) is 16.3. The van der Waals surface area contributed by atoms with Gasteiger partial charge in [-0.3, -0.25) is 0 Å². The number of unbranched alkanes of at least 4 members (excludes halogenated alkanes) is 7. The second-order valence-corrected chi connectivity index (χ2v) is 8.43. The Balaban J connectivity index is 1.37. The predicted octanol–water partition coefficient (Wildman–Crippen LogP) is 7.65. The van der Waals surface area contributed by atoms with Crippen molar-refractivity contribution < 1.29 is 4.74 Å². The summed E-state index contributed by atoms with van der Waals surface area (Å²) in [5, 5.41) is 0. The molecule has 0 aliphatic rings. The number of benzene rings is 2. The molecule has 2 aromatic carbocycles. The Labute approximate surface area is 199 Å². The van der Waals surface area contributed by atoms with Gasteiger partial charge in [0.1, 0.15) is 0 Å². The van der Waals surface area contributed by atoms with Gasteiger partial charge in [-0.1, -0.05) is 94.0 Å². The van der Waals surface area contributed by atoms with Crippen LogP contribution >= 0.6 is 0 Å². The Morgan fingerprint density at radius 2 is 1.42 bits per heavy atom. The lowest BCUT2D eigenvalue weighted by atomic mass is 10.1. The molecule has 0 unspecified atom stereocenters. The lowest BCUT2D eigenvalue weighted by Gasteiger charge is -2.06. The van der Waals surface area contributed by atoms with Crippen LogP contribution < -0.4 is 4.74 Å². The highest BCUT2D eigenvalue weighted by molar-refractivity contribution is 5.56. The van der Waals surface area contributed by atoms with Crippen LogP contribution in [0.1, 0.15) is 75.8 Å². The minimum absolute atomic E-state index is 0.706. The quantitative estimate of drug-likeness (QED) is 0.202. The van der Waals surface area contributed by atoms with E-state index in [1.807, 2.05) is 30.3 Å². The van der Waals surface area contributed by atoms with E-state index < -0.39 is 0 Å². The average Bonchev–Trinajstić information content (AvgIpc) is 2.87. The van der Waals surface area contributed by atoms with Crippen LogP contribution in [0.15, 0.2) is 67.0 Å². The standard InChI is InChI=1S/C30H36N2O/c1-2-3-4-5-6-7-8-14-23-33-29-24-31-30(32-25-29)28-21-19-27(20-22-28)18-13-12-17-26-15-10-9-11-16-26/h9-11,15-16,19-22,24-25H,2-8,12,14,17,23H2,1H3. The van der Waals surface area contributed by atoms with Gasteiger partial charge in [-0.15, -0.1) is 0 Å². The second-order valence-electron chi connectivity index (χ2n) is 8.43. The van der Waals surface area contributed by atoms with Gasteiger partial charge in [0, 0.05) is 17.5 Å². The largest absolute Gasteiger partial charge is 0.490 e. The molecule has 0 fully saturated rings. The van der Waals surface area contributed by atoms with E-state index in [-0.39, 0.29) is 0 Å². The molecule has 33 heavy (non-hydrogen) atoms. The van der Waals surface area contributed by atoms with Crippen molar-refractivity contribution in [1.29, 1.82) is 0 Å². The van der Waals surface area contributed by atoms with E-state index in [4.69, 9.17) is 4.74 Å². The van der Waals surface area contributed by atoms with Crippen molar-refractivity contribution in [3.05, 3.63) is 78.1 Å². The van der Waals surface area contributed by atoms with Crippen LogP contribution in [0.4, 0.5) is 0 Å². The number of nitrogens with zero attached hydrogens (tertiary/aromatic N) is 2. The van der Waals surface area contributed by atoms with Crippen molar-refractivity contribution in [1.82, 2.24) is 9.97 Å². The van der Waals surface area contributed by atoms with E-state index in [1.54, 1.807) is 12.4 Å². The normalized spacial score (nSPS) is 10.5. The van der Waals surface area contributed by atoms with Gasteiger partial charge in [-0.25, -0.2) is 9.97 Å². The maximum absolute atomic E-state index is 5.80. The van der Waals surface area contributed by atoms with Crippen molar-refractivity contribution in [2.75, 3.05) is 6.61 Å². The molecule has 0 saturated heterocycles. The SMILES string of the molecule is CCCCCCCCCCOc1cnc(-c2ccc(C#CCCc3ccccc3)cc2)nc1. The third-order valence-electron chi connectivity index (χ3n) is 5.65. The number of hydrogen-bond donors (Lipinski definition) is 0. The molecular formula is C30H36N2O. The average molecular weight is 441 g/mol. The van der Waals surface area contributed by atoms with Gasteiger partial charge in [0.15, 0.2) is 11.6 Å². The molecule has 3 nitrogen and oxygen atoms in total. The smallest absolute Gasteiger partial charge is 0.159 e. The first-order valence-electron chi connectivity index (χ1n) is 12.4. The highest BCUT2D eigenvalue weighted by atomic mass is 16.5. The molecule has 3 rings (SSSR count). The van der Waals surface area contributed by atoms with Crippen LogP contribution in [-0.2, 0) is 6.42 Å². The van der Waals surface area contributed by atoms with Gasteiger partial charge in [-0.2, -0.15) is 0 Å². The van der Waals surface area contributed by atoms with Crippen LogP contribution in [0.2, 0.25) is 0 Å². The molecule has 0 amide bonds. The third kappa shape index (κ3) is 9.49. The van der Waals surface area contributed by atoms with Gasteiger partial charge in [0.05, 0.1) is 19.0 Å². The zero-order valence-corrected chi connectivity index (χ0v) is 19.9. The Hall–Kier alpha value is -3.12. The van der Waals surface area contributed by atoms with Crippen LogP contribution in [-0.4, -0.2) is 16.6 Å². The fraction of sp³-hybridized carbons (Fsp3) is 0.400. The first kappa shape index (κ1) is 24.5. The molecule has 3 heteroatoms. The fourth-order valence-corrected chi connectivity index (χ4v) is 3.68. The van der Waals surface area contributed by atoms with Gasteiger partial charge >= 0.3 is 0 Å². The van der Waals surface area contributed by atoms with Crippen LogP contribution in [0.3, 0.4) is 0 Å². The number of aryl methyl sites for hydroxylation is 1. The highest BCUT2D eigenvalue weighted by Gasteiger charge is 2.02.